The summed E-state index contributed by atoms with van der Waals surface area (Å²) in [5, 5.41) is 11.4. The fraction of sp³-hybridized carbons (Fsp3) is 0.415. The highest BCUT2D eigenvalue weighted by atomic mass is 16.6. The zero-order chi connectivity index (χ0) is 40.5. The van der Waals surface area contributed by atoms with E-state index in [0.717, 1.165) is 11.1 Å². The van der Waals surface area contributed by atoms with Gasteiger partial charge in [0.15, 0.2) is 0 Å². The Kier molecular flexibility index (Phi) is 16.8. The van der Waals surface area contributed by atoms with E-state index in [1.165, 1.54) is 7.11 Å². The molecule has 0 bridgehead atoms. The molecule has 3 rings (SSSR count). The molecule has 0 unspecified atom stereocenters. The van der Waals surface area contributed by atoms with E-state index in [1.54, 1.807) is 76.2 Å². The molecule has 296 valence electrons. The van der Waals surface area contributed by atoms with Crippen LogP contribution in [0.1, 0.15) is 57.7 Å². The minimum absolute atomic E-state index is 0.0431. The standard InChI is InChI=1S/C41H54N6O8/c1-7-27(2)35(37(50)44-33(39(52)54-6)25-30-21-15-10-16-22-30)46-36(49)31(23-28-17-11-8-12-18-28)43-34(48)26-47(42)38(51)32(24-29-19-13-9-14-20-29)45-40(53)55-41(3,4)5/h8-22,27,31-33,35H,7,23-26,42H2,1-6H3,(H,43,48)(H,44,50)(H,45,53)(H,46,49)/t27-,31-,32-,33-,35-/m0/s1. The van der Waals surface area contributed by atoms with Gasteiger partial charge in [0.1, 0.15) is 36.3 Å². The molecule has 0 aromatic heterocycles. The highest BCUT2D eigenvalue weighted by molar-refractivity contribution is 5.95. The van der Waals surface area contributed by atoms with Gasteiger partial charge in [-0.15, -0.1) is 0 Å². The van der Waals surface area contributed by atoms with Crippen LogP contribution in [-0.2, 0) is 52.7 Å². The Morgan fingerprint density at radius 3 is 1.60 bits per heavy atom. The second-order valence-electron chi connectivity index (χ2n) is 14.3. The number of nitrogens with zero attached hydrogens (tertiary/aromatic N) is 1. The van der Waals surface area contributed by atoms with Crippen LogP contribution in [-0.4, -0.2) is 84.1 Å². The Balaban J connectivity index is 1.79. The van der Waals surface area contributed by atoms with Gasteiger partial charge in [0, 0.05) is 19.3 Å². The van der Waals surface area contributed by atoms with Gasteiger partial charge >= 0.3 is 12.1 Å². The average Bonchev–Trinajstić information content (AvgIpc) is 3.15. The molecule has 0 radical (unpaired) electrons. The number of benzene rings is 3. The van der Waals surface area contributed by atoms with Crippen LogP contribution in [0.4, 0.5) is 4.79 Å². The first-order valence-corrected chi connectivity index (χ1v) is 18.2. The molecule has 0 aliphatic heterocycles. The van der Waals surface area contributed by atoms with Crippen molar-refractivity contribution in [3.05, 3.63) is 108 Å². The summed E-state index contributed by atoms with van der Waals surface area (Å²) in [6.45, 7) is 8.04. The fourth-order valence-electron chi connectivity index (χ4n) is 5.63. The van der Waals surface area contributed by atoms with Crippen molar-refractivity contribution in [2.45, 2.75) is 90.1 Å². The molecular weight excluding hydrogens is 704 g/mol. The first-order chi connectivity index (χ1) is 26.1. The maximum Gasteiger partial charge on any atom is 0.408 e. The Hall–Kier alpha value is -5.76. The van der Waals surface area contributed by atoms with Crippen molar-refractivity contribution in [2.75, 3.05) is 13.7 Å². The van der Waals surface area contributed by atoms with E-state index in [0.29, 0.717) is 17.0 Å². The number of rotatable bonds is 18. The number of alkyl carbamates (subject to hydrolysis) is 1. The molecule has 55 heavy (non-hydrogen) atoms. The molecule has 5 amide bonds. The Morgan fingerprint density at radius 1 is 0.673 bits per heavy atom. The van der Waals surface area contributed by atoms with Crippen LogP contribution in [0.3, 0.4) is 0 Å². The van der Waals surface area contributed by atoms with Gasteiger partial charge in [-0.25, -0.2) is 15.4 Å². The highest BCUT2D eigenvalue weighted by Gasteiger charge is 2.34. The summed E-state index contributed by atoms with van der Waals surface area (Å²) in [6, 6.07) is 22.5. The molecule has 5 atom stereocenters. The SMILES string of the molecule is CC[C@H](C)[C@H](NC(=O)[C@H](Cc1ccccc1)NC(=O)CN(N)C(=O)[C@H](Cc1ccccc1)NC(=O)OC(C)(C)C)C(=O)N[C@@H](Cc1ccccc1)C(=O)OC. The fourth-order valence-corrected chi connectivity index (χ4v) is 5.63. The average molecular weight is 759 g/mol. The van der Waals surface area contributed by atoms with Crippen molar-refractivity contribution in [3.8, 4) is 0 Å². The zero-order valence-electron chi connectivity index (χ0n) is 32.4. The van der Waals surface area contributed by atoms with E-state index >= 15 is 0 Å². The third kappa shape index (κ3) is 14.9. The molecule has 0 fully saturated rings. The molecule has 0 spiro atoms. The Morgan fingerprint density at radius 2 is 1.15 bits per heavy atom. The third-order valence-electron chi connectivity index (χ3n) is 8.68. The molecule has 3 aromatic rings. The largest absolute Gasteiger partial charge is 0.467 e. The van der Waals surface area contributed by atoms with Crippen molar-refractivity contribution in [1.82, 2.24) is 26.3 Å². The number of esters is 1. The van der Waals surface area contributed by atoms with Gasteiger partial charge in [-0.1, -0.05) is 111 Å². The van der Waals surface area contributed by atoms with E-state index in [1.807, 2.05) is 49.4 Å². The number of hydrazine groups is 1. The lowest BCUT2D eigenvalue weighted by Crippen LogP contribution is -2.59. The summed E-state index contributed by atoms with van der Waals surface area (Å²) < 4.78 is 10.3. The number of ether oxygens (including phenoxy) is 2. The van der Waals surface area contributed by atoms with Crippen LogP contribution in [0.5, 0.6) is 0 Å². The van der Waals surface area contributed by atoms with E-state index in [2.05, 4.69) is 21.3 Å². The first kappa shape index (κ1) is 43.6. The second kappa shape index (κ2) is 21.2. The van der Waals surface area contributed by atoms with Gasteiger partial charge in [0.25, 0.3) is 5.91 Å². The summed E-state index contributed by atoms with van der Waals surface area (Å²) in [7, 11) is 1.23. The van der Waals surface area contributed by atoms with Gasteiger partial charge in [-0.3, -0.25) is 24.2 Å². The van der Waals surface area contributed by atoms with Crippen LogP contribution < -0.4 is 27.1 Å². The van der Waals surface area contributed by atoms with E-state index in [9.17, 15) is 28.8 Å². The second-order valence-corrected chi connectivity index (χ2v) is 14.3. The normalized spacial score (nSPS) is 13.8. The molecular formula is C41H54N6O8. The highest BCUT2D eigenvalue weighted by Crippen LogP contribution is 2.13. The van der Waals surface area contributed by atoms with Gasteiger partial charge < -0.3 is 30.7 Å². The van der Waals surface area contributed by atoms with Crippen molar-refractivity contribution in [2.24, 2.45) is 11.8 Å². The summed E-state index contributed by atoms with van der Waals surface area (Å²) in [6.07, 6.45) is -0.0600. The smallest absolute Gasteiger partial charge is 0.408 e. The first-order valence-electron chi connectivity index (χ1n) is 18.2. The Labute approximate surface area is 322 Å². The van der Waals surface area contributed by atoms with Crippen molar-refractivity contribution in [3.63, 3.8) is 0 Å². The maximum absolute atomic E-state index is 14.0. The van der Waals surface area contributed by atoms with E-state index in [-0.39, 0.29) is 25.2 Å². The lowest BCUT2D eigenvalue weighted by molar-refractivity contribution is -0.145. The number of hydrogen-bond acceptors (Lipinski definition) is 9. The Bertz CT molecular complexity index is 1720. The summed E-state index contributed by atoms with van der Waals surface area (Å²) in [4.78, 5) is 80.2. The molecule has 3 aromatic carbocycles. The molecule has 6 N–H and O–H groups in total. The lowest BCUT2D eigenvalue weighted by Gasteiger charge is -2.29. The van der Waals surface area contributed by atoms with Crippen molar-refractivity contribution < 1.29 is 38.2 Å². The molecule has 14 nitrogen and oxygen atoms in total. The monoisotopic (exact) mass is 758 g/mol. The van der Waals surface area contributed by atoms with Crippen LogP contribution in [0.15, 0.2) is 91.0 Å². The number of methoxy groups -OCH3 is 1. The van der Waals surface area contributed by atoms with Crippen LogP contribution >= 0.6 is 0 Å². The summed E-state index contributed by atoms with van der Waals surface area (Å²) in [5.41, 5.74) is 1.41. The predicted molar refractivity (Wildman–Crippen MR) is 207 cm³/mol. The lowest BCUT2D eigenvalue weighted by atomic mass is 9.96. The molecule has 0 saturated heterocycles. The van der Waals surface area contributed by atoms with Crippen LogP contribution in [0.2, 0.25) is 0 Å². The molecule has 14 heteroatoms. The number of hydrogen-bond donors (Lipinski definition) is 5. The number of carbonyl (C=O) groups excluding carboxylic acids is 6. The zero-order valence-corrected chi connectivity index (χ0v) is 32.4. The van der Waals surface area contributed by atoms with Gasteiger partial charge in [0.05, 0.1) is 7.11 Å². The number of amides is 5. The van der Waals surface area contributed by atoms with Gasteiger partial charge in [0.2, 0.25) is 17.7 Å². The molecule has 0 aliphatic rings. The molecule has 0 saturated carbocycles. The topological polar surface area (TPSA) is 198 Å². The minimum Gasteiger partial charge on any atom is -0.467 e. The van der Waals surface area contributed by atoms with Crippen LogP contribution in [0.25, 0.3) is 0 Å². The van der Waals surface area contributed by atoms with Gasteiger partial charge in [-0.2, -0.15) is 0 Å². The van der Waals surface area contributed by atoms with Crippen molar-refractivity contribution >= 4 is 35.7 Å². The van der Waals surface area contributed by atoms with Gasteiger partial charge in [-0.05, 0) is 43.4 Å². The minimum atomic E-state index is -1.20. The van der Waals surface area contributed by atoms with E-state index in [4.69, 9.17) is 15.3 Å². The molecule has 0 heterocycles. The third-order valence-corrected chi connectivity index (χ3v) is 8.68. The maximum atomic E-state index is 14.0. The summed E-state index contributed by atoms with van der Waals surface area (Å²) in [5.74, 6) is 2.32. The molecule has 0 aliphatic carbocycles. The van der Waals surface area contributed by atoms with Crippen LogP contribution in [0, 0.1) is 5.92 Å². The van der Waals surface area contributed by atoms with Crippen molar-refractivity contribution in [1.29, 1.82) is 0 Å². The number of nitrogens with one attached hydrogen (secondary N) is 4. The quantitative estimate of drug-likeness (QED) is 0.0561. The predicted octanol–water partition coefficient (Wildman–Crippen LogP) is 2.98. The van der Waals surface area contributed by atoms with E-state index < -0.39 is 72.0 Å². The number of carbonyl (C=O) groups is 6. The summed E-state index contributed by atoms with van der Waals surface area (Å²) >= 11 is 0. The number of nitrogens with two attached hydrogens (primary N) is 1.